The quantitative estimate of drug-likeness (QED) is 0.874. The number of aliphatic hydroxyl groups excluding tert-OH is 1. The molecular weight excluding hydrogens is 272 g/mol. The van der Waals surface area contributed by atoms with Crippen LogP contribution in [-0.2, 0) is 6.61 Å². The second-order valence-electron chi connectivity index (χ2n) is 5.22. The maximum absolute atomic E-state index is 13.4. The van der Waals surface area contributed by atoms with Crippen LogP contribution in [0.15, 0.2) is 42.0 Å². The molecule has 21 heavy (non-hydrogen) atoms. The topological polar surface area (TPSA) is 32.3 Å². The first-order chi connectivity index (χ1) is 10.1. The molecule has 3 rings (SSSR count). The Morgan fingerprint density at radius 1 is 1.10 bits per heavy atom. The molecule has 108 valence electrons. The number of halogens is 2. The van der Waals surface area contributed by atoms with Gasteiger partial charge in [-0.05, 0) is 29.7 Å². The van der Waals surface area contributed by atoms with Gasteiger partial charge in [-0.2, -0.15) is 0 Å². The van der Waals surface area contributed by atoms with Crippen molar-refractivity contribution < 1.29 is 13.9 Å². The number of anilines is 1. The molecule has 2 aromatic rings. The van der Waals surface area contributed by atoms with Gasteiger partial charge in [-0.3, -0.25) is 0 Å². The Morgan fingerprint density at radius 2 is 1.76 bits per heavy atom. The lowest BCUT2D eigenvalue weighted by Crippen LogP contribution is -2.16. The first-order valence-electron chi connectivity index (χ1n) is 6.72. The van der Waals surface area contributed by atoms with Crippen LogP contribution in [0, 0.1) is 11.6 Å². The molecular formula is C17H15F2NO. The second-order valence-corrected chi connectivity index (χ2v) is 5.22. The van der Waals surface area contributed by atoms with Crippen molar-refractivity contribution in [3.63, 3.8) is 0 Å². The molecule has 2 aromatic carbocycles. The molecule has 4 heteroatoms. The Balaban J connectivity index is 1.97. The highest BCUT2D eigenvalue weighted by molar-refractivity contribution is 5.73. The van der Waals surface area contributed by atoms with Crippen LogP contribution < -0.4 is 5.32 Å². The van der Waals surface area contributed by atoms with E-state index >= 15 is 0 Å². The molecule has 2 N–H and O–H groups in total. The fourth-order valence-electron chi connectivity index (χ4n) is 2.57. The SMILES string of the molecule is CC1=Cc2cc(F)c(F)cc2NC1c1ccc(CO)cc1. The molecule has 0 saturated carbocycles. The van der Waals surface area contributed by atoms with Gasteiger partial charge in [0, 0.05) is 17.3 Å². The van der Waals surface area contributed by atoms with Crippen molar-refractivity contribution in [3.8, 4) is 0 Å². The normalized spacial score (nSPS) is 17.0. The van der Waals surface area contributed by atoms with Gasteiger partial charge in [0.1, 0.15) is 0 Å². The molecule has 0 spiro atoms. The third-order valence-corrected chi connectivity index (χ3v) is 3.73. The molecule has 1 unspecified atom stereocenters. The zero-order valence-electron chi connectivity index (χ0n) is 11.5. The monoisotopic (exact) mass is 287 g/mol. The van der Waals surface area contributed by atoms with E-state index in [1.165, 1.54) is 12.1 Å². The minimum Gasteiger partial charge on any atom is -0.392 e. The van der Waals surface area contributed by atoms with E-state index in [1.54, 1.807) is 0 Å². The Morgan fingerprint density at radius 3 is 2.43 bits per heavy atom. The Bertz CT molecular complexity index is 707. The molecule has 1 heterocycles. The zero-order valence-corrected chi connectivity index (χ0v) is 11.5. The van der Waals surface area contributed by atoms with Gasteiger partial charge in [-0.25, -0.2) is 8.78 Å². The van der Waals surface area contributed by atoms with E-state index in [-0.39, 0.29) is 12.6 Å². The molecule has 1 atom stereocenters. The molecule has 0 aliphatic carbocycles. The molecule has 0 aromatic heterocycles. The number of benzene rings is 2. The van der Waals surface area contributed by atoms with Crippen LogP contribution in [0.4, 0.5) is 14.5 Å². The summed E-state index contributed by atoms with van der Waals surface area (Å²) in [6.07, 6.45) is 1.86. The summed E-state index contributed by atoms with van der Waals surface area (Å²) in [4.78, 5) is 0. The van der Waals surface area contributed by atoms with E-state index in [0.29, 0.717) is 11.3 Å². The third kappa shape index (κ3) is 2.54. The van der Waals surface area contributed by atoms with Gasteiger partial charge in [0.25, 0.3) is 0 Å². The highest BCUT2D eigenvalue weighted by Gasteiger charge is 2.21. The van der Waals surface area contributed by atoms with Crippen LogP contribution in [0.2, 0.25) is 0 Å². The van der Waals surface area contributed by atoms with Crippen molar-refractivity contribution in [2.75, 3.05) is 5.32 Å². The van der Waals surface area contributed by atoms with Gasteiger partial charge in [0.05, 0.1) is 12.6 Å². The number of rotatable bonds is 2. The van der Waals surface area contributed by atoms with E-state index < -0.39 is 11.6 Å². The van der Waals surface area contributed by atoms with Gasteiger partial charge in [0.2, 0.25) is 0 Å². The van der Waals surface area contributed by atoms with E-state index in [2.05, 4.69) is 5.32 Å². The third-order valence-electron chi connectivity index (χ3n) is 3.73. The van der Waals surface area contributed by atoms with E-state index in [1.807, 2.05) is 37.3 Å². The van der Waals surface area contributed by atoms with Gasteiger partial charge >= 0.3 is 0 Å². The van der Waals surface area contributed by atoms with Gasteiger partial charge in [0.15, 0.2) is 11.6 Å². The predicted molar refractivity (Wildman–Crippen MR) is 78.7 cm³/mol. The average molecular weight is 287 g/mol. The number of hydrogen-bond donors (Lipinski definition) is 2. The van der Waals surface area contributed by atoms with Crippen LogP contribution in [0.25, 0.3) is 6.08 Å². The van der Waals surface area contributed by atoms with Crippen LogP contribution in [-0.4, -0.2) is 5.11 Å². The van der Waals surface area contributed by atoms with Crippen molar-refractivity contribution >= 4 is 11.8 Å². The summed E-state index contributed by atoms with van der Waals surface area (Å²) in [6.45, 7) is 1.95. The molecule has 2 nitrogen and oxygen atoms in total. The second kappa shape index (κ2) is 5.30. The average Bonchev–Trinajstić information content (AvgIpc) is 2.49. The minimum absolute atomic E-state index is 0.000514. The summed E-state index contributed by atoms with van der Waals surface area (Å²) >= 11 is 0. The highest BCUT2D eigenvalue weighted by Crippen LogP contribution is 2.36. The van der Waals surface area contributed by atoms with Crippen LogP contribution in [0.5, 0.6) is 0 Å². The number of aliphatic hydroxyl groups is 1. The Kier molecular flexibility index (Phi) is 3.47. The molecule has 0 saturated heterocycles. The standard InChI is InChI=1S/C17H15F2NO/c1-10-6-13-7-14(18)15(19)8-16(13)20-17(10)12-4-2-11(9-21)3-5-12/h2-8,17,20-21H,9H2,1H3. The maximum atomic E-state index is 13.4. The van der Waals surface area contributed by atoms with Crippen LogP contribution in [0.1, 0.15) is 29.7 Å². The van der Waals surface area contributed by atoms with E-state index in [9.17, 15) is 8.78 Å². The molecule has 1 aliphatic heterocycles. The minimum atomic E-state index is -0.858. The summed E-state index contributed by atoms with van der Waals surface area (Å²) in [6, 6.07) is 9.84. The molecule has 0 fully saturated rings. The first kappa shape index (κ1) is 13.8. The lowest BCUT2D eigenvalue weighted by atomic mass is 9.93. The van der Waals surface area contributed by atoms with Gasteiger partial charge in [-0.15, -0.1) is 0 Å². The van der Waals surface area contributed by atoms with E-state index in [0.717, 1.165) is 16.7 Å². The Hall–Kier alpha value is -2.20. The number of hydrogen-bond acceptors (Lipinski definition) is 2. The van der Waals surface area contributed by atoms with Crippen molar-refractivity contribution in [3.05, 3.63) is 70.3 Å². The van der Waals surface area contributed by atoms with Crippen molar-refractivity contribution in [2.45, 2.75) is 19.6 Å². The van der Waals surface area contributed by atoms with E-state index in [4.69, 9.17) is 5.11 Å². The largest absolute Gasteiger partial charge is 0.392 e. The summed E-state index contributed by atoms with van der Waals surface area (Å²) in [5.41, 5.74) is 4.09. The fraction of sp³-hybridized carbons (Fsp3) is 0.176. The van der Waals surface area contributed by atoms with Crippen molar-refractivity contribution in [2.24, 2.45) is 0 Å². The smallest absolute Gasteiger partial charge is 0.160 e. The summed E-state index contributed by atoms with van der Waals surface area (Å²) in [5, 5.41) is 12.3. The number of fused-ring (bicyclic) bond motifs is 1. The summed E-state index contributed by atoms with van der Waals surface area (Å²) < 4.78 is 26.7. The summed E-state index contributed by atoms with van der Waals surface area (Å²) in [5.74, 6) is -1.70. The van der Waals surface area contributed by atoms with Crippen molar-refractivity contribution in [1.29, 1.82) is 0 Å². The number of nitrogens with one attached hydrogen (secondary N) is 1. The lowest BCUT2D eigenvalue weighted by molar-refractivity contribution is 0.282. The molecule has 1 aliphatic rings. The molecule has 0 bridgehead atoms. The first-order valence-corrected chi connectivity index (χ1v) is 6.72. The van der Waals surface area contributed by atoms with Crippen LogP contribution in [0.3, 0.4) is 0 Å². The lowest BCUT2D eigenvalue weighted by Gasteiger charge is -2.27. The highest BCUT2D eigenvalue weighted by atomic mass is 19.2. The molecule has 0 radical (unpaired) electrons. The summed E-state index contributed by atoms with van der Waals surface area (Å²) in [7, 11) is 0. The van der Waals surface area contributed by atoms with Gasteiger partial charge in [-0.1, -0.05) is 30.3 Å². The predicted octanol–water partition coefficient (Wildman–Crippen LogP) is 4.03. The van der Waals surface area contributed by atoms with Crippen LogP contribution >= 0.6 is 0 Å². The fourth-order valence-corrected chi connectivity index (χ4v) is 2.57. The Labute approximate surface area is 121 Å². The van der Waals surface area contributed by atoms with Crippen molar-refractivity contribution in [1.82, 2.24) is 0 Å². The van der Waals surface area contributed by atoms with Gasteiger partial charge < -0.3 is 10.4 Å². The maximum Gasteiger partial charge on any atom is 0.160 e. The zero-order chi connectivity index (χ0) is 15.0. The molecule has 0 amide bonds.